The van der Waals surface area contributed by atoms with Crippen LogP contribution in [0.25, 0.3) is 10.9 Å². The lowest BCUT2D eigenvalue weighted by molar-refractivity contribution is -0.143. The molecule has 0 spiro atoms. The van der Waals surface area contributed by atoms with Crippen LogP contribution in [0, 0.1) is 6.92 Å². The van der Waals surface area contributed by atoms with Gasteiger partial charge in [-0.1, -0.05) is 37.5 Å². The molecule has 1 aliphatic rings. The number of aryl methyl sites for hydroxylation is 1. The summed E-state index contributed by atoms with van der Waals surface area (Å²) in [4.78, 5) is 16.4. The lowest BCUT2D eigenvalue weighted by Gasteiger charge is -2.35. The molecule has 0 saturated heterocycles. The smallest absolute Gasteiger partial charge is 0.329 e. The molecule has 0 amide bonds. The molecule has 0 bridgehead atoms. The predicted octanol–water partition coefficient (Wildman–Crippen LogP) is 3.74. The van der Waals surface area contributed by atoms with Crippen molar-refractivity contribution in [3.05, 3.63) is 35.9 Å². The number of rotatable bonds is 3. The van der Waals surface area contributed by atoms with Gasteiger partial charge in [0.05, 0.1) is 5.52 Å². The minimum atomic E-state index is -0.863. The molecule has 1 fully saturated rings. The monoisotopic (exact) mass is 284 g/mol. The van der Waals surface area contributed by atoms with E-state index in [-0.39, 0.29) is 0 Å². The van der Waals surface area contributed by atoms with Crippen LogP contribution < -0.4 is 5.32 Å². The molecule has 0 aliphatic heterocycles. The zero-order valence-electron chi connectivity index (χ0n) is 12.2. The number of pyridine rings is 1. The van der Waals surface area contributed by atoms with Gasteiger partial charge in [0.25, 0.3) is 0 Å². The molecule has 0 radical (unpaired) electrons. The first-order chi connectivity index (χ1) is 10.1. The van der Waals surface area contributed by atoms with E-state index in [1.54, 1.807) is 0 Å². The van der Waals surface area contributed by atoms with Crippen LogP contribution in [-0.2, 0) is 4.79 Å². The molecular formula is C17H20N2O2. The van der Waals surface area contributed by atoms with Crippen LogP contribution in [0.3, 0.4) is 0 Å². The van der Waals surface area contributed by atoms with Crippen molar-refractivity contribution in [1.82, 2.24) is 4.98 Å². The number of carboxylic acids is 1. The van der Waals surface area contributed by atoms with Crippen molar-refractivity contribution in [3.63, 3.8) is 0 Å². The molecule has 2 N–H and O–H groups in total. The van der Waals surface area contributed by atoms with Gasteiger partial charge >= 0.3 is 5.97 Å². The molecule has 110 valence electrons. The molecule has 1 aliphatic carbocycles. The normalized spacial score (nSPS) is 17.6. The Morgan fingerprint density at radius 2 is 1.95 bits per heavy atom. The number of anilines is 1. The van der Waals surface area contributed by atoms with Crippen molar-refractivity contribution >= 4 is 22.7 Å². The predicted molar refractivity (Wildman–Crippen MR) is 83.6 cm³/mol. The van der Waals surface area contributed by atoms with E-state index in [0.717, 1.165) is 35.7 Å². The SMILES string of the molecule is Cc1cc2ccccc2nc1NC1(C(=O)O)CCCCC1. The fourth-order valence-corrected chi connectivity index (χ4v) is 3.12. The van der Waals surface area contributed by atoms with Crippen LogP contribution in [0.1, 0.15) is 37.7 Å². The number of aliphatic carboxylic acids is 1. The number of aromatic nitrogens is 1. The van der Waals surface area contributed by atoms with Gasteiger partial charge in [0.2, 0.25) is 0 Å². The summed E-state index contributed by atoms with van der Waals surface area (Å²) in [5.74, 6) is -0.0745. The van der Waals surface area contributed by atoms with Crippen LogP contribution in [0.4, 0.5) is 5.82 Å². The second-order valence-electron chi connectivity index (χ2n) is 5.92. The van der Waals surface area contributed by atoms with Gasteiger partial charge in [0.1, 0.15) is 11.4 Å². The van der Waals surface area contributed by atoms with Gasteiger partial charge in [-0.15, -0.1) is 0 Å². The fraction of sp³-hybridized carbons (Fsp3) is 0.412. The van der Waals surface area contributed by atoms with E-state index >= 15 is 0 Å². The van der Waals surface area contributed by atoms with E-state index < -0.39 is 11.5 Å². The zero-order valence-corrected chi connectivity index (χ0v) is 12.2. The topological polar surface area (TPSA) is 62.2 Å². The number of para-hydroxylation sites is 1. The number of nitrogens with zero attached hydrogens (tertiary/aromatic N) is 1. The van der Waals surface area contributed by atoms with Gasteiger partial charge in [0.15, 0.2) is 0 Å². The summed E-state index contributed by atoms with van der Waals surface area (Å²) in [6.07, 6.45) is 4.34. The average Bonchev–Trinajstić information content (AvgIpc) is 2.49. The van der Waals surface area contributed by atoms with Gasteiger partial charge in [-0.3, -0.25) is 0 Å². The van der Waals surface area contributed by atoms with Crippen molar-refractivity contribution in [2.24, 2.45) is 0 Å². The van der Waals surface area contributed by atoms with E-state index in [1.807, 2.05) is 31.2 Å². The van der Waals surface area contributed by atoms with E-state index in [2.05, 4.69) is 16.4 Å². The first kappa shape index (κ1) is 13.9. The van der Waals surface area contributed by atoms with Crippen LogP contribution in [0.5, 0.6) is 0 Å². The van der Waals surface area contributed by atoms with Gasteiger partial charge in [-0.25, -0.2) is 9.78 Å². The summed E-state index contributed by atoms with van der Waals surface area (Å²) in [5.41, 5.74) is 1.01. The Labute approximate surface area is 124 Å². The number of benzene rings is 1. The molecule has 1 saturated carbocycles. The van der Waals surface area contributed by atoms with Crippen molar-refractivity contribution in [3.8, 4) is 0 Å². The van der Waals surface area contributed by atoms with E-state index in [9.17, 15) is 9.90 Å². The molecule has 4 nitrogen and oxygen atoms in total. The van der Waals surface area contributed by atoms with Crippen LogP contribution >= 0.6 is 0 Å². The Kier molecular flexibility index (Phi) is 3.53. The molecule has 1 aromatic carbocycles. The highest BCUT2D eigenvalue weighted by Gasteiger charge is 2.40. The number of hydrogen-bond acceptors (Lipinski definition) is 3. The Morgan fingerprint density at radius 1 is 1.24 bits per heavy atom. The molecule has 4 heteroatoms. The Morgan fingerprint density at radius 3 is 2.67 bits per heavy atom. The zero-order chi connectivity index (χ0) is 14.9. The third kappa shape index (κ3) is 2.58. The third-order valence-electron chi connectivity index (χ3n) is 4.39. The summed E-state index contributed by atoms with van der Waals surface area (Å²) in [6, 6.07) is 9.96. The first-order valence-corrected chi connectivity index (χ1v) is 7.49. The molecule has 1 heterocycles. The van der Waals surface area contributed by atoms with Crippen molar-refractivity contribution in [1.29, 1.82) is 0 Å². The van der Waals surface area contributed by atoms with Gasteiger partial charge in [0, 0.05) is 5.39 Å². The Balaban J connectivity index is 1.99. The molecule has 21 heavy (non-hydrogen) atoms. The maximum atomic E-state index is 11.8. The summed E-state index contributed by atoms with van der Waals surface area (Å²) in [7, 11) is 0. The summed E-state index contributed by atoms with van der Waals surface area (Å²) in [6.45, 7) is 1.97. The second-order valence-corrected chi connectivity index (χ2v) is 5.92. The summed E-state index contributed by atoms with van der Waals surface area (Å²) >= 11 is 0. The third-order valence-corrected chi connectivity index (χ3v) is 4.39. The lowest BCUT2D eigenvalue weighted by Crippen LogP contribution is -2.48. The molecular weight excluding hydrogens is 264 g/mol. The van der Waals surface area contributed by atoms with Gasteiger partial charge < -0.3 is 10.4 Å². The highest BCUT2D eigenvalue weighted by atomic mass is 16.4. The van der Waals surface area contributed by atoms with Crippen molar-refractivity contribution in [2.75, 3.05) is 5.32 Å². The molecule has 0 unspecified atom stereocenters. The lowest BCUT2D eigenvalue weighted by atomic mass is 9.81. The quantitative estimate of drug-likeness (QED) is 0.901. The van der Waals surface area contributed by atoms with E-state index in [1.165, 1.54) is 0 Å². The Bertz CT molecular complexity index is 676. The van der Waals surface area contributed by atoms with Crippen LogP contribution in [0.2, 0.25) is 0 Å². The number of fused-ring (bicyclic) bond motifs is 1. The van der Waals surface area contributed by atoms with Crippen LogP contribution in [-0.4, -0.2) is 21.6 Å². The average molecular weight is 284 g/mol. The van der Waals surface area contributed by atoms with Gasteiger partial charge in [-0.2, -0.15) is 0 Å². The minimum Gasteiger partial charge on any atom is -0.480 e. The molecule has 0 atom stereocenters. The highest BCUT2D eigenvalue weighted by molar-refractivity contribution is 5.85. The number of hydrogen-bond donors (Lipinski definition) is 2. The molecule has 1 aromatic heterocycles. The fourth-order valence-electron chi connectivity index (χ4n) is 3.12. The van der Waals surface area contributed by atoms with Crippen molar-refractivity contribution in [2.45, 2.75) is 44.6 Å². The molecule has 2 aromatic rings. The van der Waals surface area contributed by atoms with Crippen LogP contribution in [0.15, 0.2) is 30.3 Å². The maximum Gasteiger partial charge on any atom is 0.329 e. The highest BCUT2D eigenvalue weighted by Crippen LogP contribution is 2.33. The summed E-state index contributed by atoms with van der Waals surface area (Å²) < 4.78 is 0. The standard InChI is InChI=1S/C17H20N2O2/c1-12-11-13-7-3-4-8-14(13)18-15(12)19-17(16(20)21)9-5-2-6-10-17/h3-4,7-8,11H,2,5-6,9-10H2,1H3,(H,18,19)(H,20,21). The first-order valence-electron chi connectivity index (χ1n) is 7.49. The largest absolute Gasteiger partial charge is 0.480 e. The Hall–Kier alpha value is -2.10. The van der Waals surface area contributed by atoms with Gasteiger partial charge in [-0.05, 0) is 37.5 Å². The minimum absolute atomic E-state index is 0.663. The van der Waals surface area contributed by atoms with E-state index in [4.69, 9.17) is 0 Å². The second kappa shape index (κ2) is 5.35. The van der Waals surface area contributed by atoms with E-state index in [0.29, 0.717) is 18.7 Å². The number of nitrogens with one attached hydrogen (secondary N) is 1. The number of carbonyl (C=O) groups is 1. The van der Waals surface area contributed by atoms with Crippen molar-refractivity contribution < 1.29 is 9.90 Å². The number of carboxylic acid groups (broad SMARTS) is 1. The molecule has 3 rings (SSSR count). The summed E-state index contributed by atoms with van der Waals surface area (Å²) in [5, 5.41) is 14.0. The maximum absolute atomic E-state index is 11.8.